The van der Waals surface area contributed by atoms with Crippen LogP contribution in [0.4, 0.5) is 8.78 Å². The van der Waals surface area contributed by atoms with Gasteiger partial charge in [-0.15, -0.1) is 0 Å². The van der Waals surface area contributed by atoms with Gasteiger partial charge in [0.15, 0.2) is 5.76 Å². The number of aliphatic carboxylic acids is 1. The van der Waals surface area contributed by atoms with Crippen molar-refractivity contribution in [3.05, 3.63) is 110 Å². The molecule has 1 aliphatic carbocycles. The number of benzene rings is 3. The highest BCUT2D eigenvalue weighted by Crippen LogP contribution is 2.34. The van der Waals surface area contributed by atoms with Crippen molar-refractivity contribution in [2.45, 2.75) is 57.0 Å². The molecule has 3 heterocycles. The van der Waals surface area contributed by atoms with Gasteiger partial charge in [-0.2, -0.15) is 0 Å². The van der Waals surface area contributed by atoms with Crippen molar-refractivity contribution in [2.75, 3.05) is 26.8 Å². The number of fused-ring (bicyclic) bond motifs is 2. The maximum atomic E-state index is 14.1. The zero-order valence-electron chi connectivity index (χ0n) is 27.4. The van der Waals surface area contributed by atoms with E-state index < -0.39 is 17.6 Å². The first-order valence-electron chi connectivity index (χ1n) is 16.5. The van der Waals surface area contributed by atoms with E-state index in [-0.39, 0.29) is 35.0 Å². The number of hydrogen-bond donors (Lipinski definition) is 4. The molecule has 264 valence electrons. The van der Waals surface area contributed by atoms with Crippen LogP contribution in [0.3, 0.4) is 0 Å². The number of rotatable bonds is 12. The van der Waals surface area contributed by atoms with Crippen LogP contribution in [0.2, 0.25) is 10.0 Å². The zero-order valence-corrected chi connectivity index (χ0v) is 28.9. The molecular formula is C37H38Cl2F2N4O5. The predicted octanol–water partition coefficient (Wildman–Crippen LogP) is 6.81. The second-order valence-electron chi connectivity index (χ2n) is 12.5. The highest BCUT2D eigenvalue weighted by atomic mass is 35.5. The van der Waals surface area contributed by atoms with Crippen molar-refractivity contribution in [3.63, 3.8) is 0 Å². The normalized spacial score (nSPS) is 18.4. The highest BCUT2D eigenvalue weighted by Gasteiger charge is 2.35. The average molecular weight is 728 g/mol. The van der Waals surface area contributed by atoms with Crippen molar-refractivity contribution < 1.29 is 32.7 Å². The molecule has 13 heteroatoms. The van der Waals surface area contributed by atoms with Crippen molar-refractivity contribution in [1.29, 1.82) is 0 Å². The van der Waals surface area contributed by atoms with Crippen LogP contribution in [0.25, 0.3) is 16.8 Å². The molecule has 0 unspecified atom stereocenters. The van der Waals surface area contributed by atoms with Crippen LogP contribution in [-0.2, 0) is 29.1 Å². The van der Waals surface area contributed by atoms with Gasteiger partial charge in [0.1, 0.15) is 29.7 Å². The SMILES string of the molecule is COCCc1ccc(Cl)c(CNC2CC2)c1.O=C(O)C1=C(c2ccc(OCc3cc(-c4c(F)ccc(F)c4Cl)no3)cc2)C[C@@H]2CNC[C@H]1N2. The number of carbonyl (C=O) groups is 1. The number of hydrogen-bond acceptors (Lipinski definition) is 8. The van der Waals surface area contributed by atoms with E-state index >= 15 is 0 Å². The molecule has 7 rings (SSSR count). The Morgan fingerprint density at radius 1 is 1.06 bits per heavy atom. The molecule has 4 N–H and O–H groups in total. The third-order valence-corrected chi connectivity index (χ3v) is 9.58. The van der Waals surface area contributed by atoms with Gasteiger partial charge in [-0.25, -0.2) is 13.6 Å². The van der Waals surface area contributed by atoms with E-state index in [4.69, 9.17) is 37.2 Å². The minimum absolute atomic E-state index is 0.00368. The van der Waals surface area contributed by atoms with E-state index in [1.165, 1.54) is 30.0 Å². The fourth-order valence-corrected chi connectivity index (χ4v) is 6.52. The van der Waals surface area contributed by atoms with Crippen LogP contribution in [0, 0.1) is 11.6 Å². The second kappa shape index (κ2) is 16.5. The molecule has 0 amide bonds. The highest BCUT2D eigenvalue weighted by molar-refractivity contribution is 6.33. The number of halogens is 4. The van der Waals surface area contributed by atoms with Gasteiger partial charge in [-0.05, 0) is 78.3 Å². The summed E-state index contributed by atoms with van der Waals surface area (Å²) in [6.07, 6.45) is 4.18. The molecule has 1 saturated heterocycles. The smallest absolute Gasteiger partial charge is 0.333 e. The fraction of sp³-hybridized carbons (Fsp3) is 0.351. The predicted molar refractivity (Wildman–Crippen MR) is 187 cm³/mol. The van der Waals surface area contributed by atoms with Gasteiger partial charge in [0.05, 0.1) is 28.8 Å². The molecule has 3 aliphatic rings. The number of aromatic nitrogens is 1. The van der Waals surface area contributed by atoms with Gasteiger partial charge in [0.25, 0.3) is 0 Å². The molecule has 2 aliphatic heterocycles. The van der Waals surface area contributed by atoms with E-state index in [0.717, 1.165) is 60.5 Å². The summed E-state index contributed by atoms with van der Waals surface area (Å²) in [6, 6.07) is 17.4. The third kappa shape index (κ3) is 8.90. The molecule has 4 aromatic rings. The van der Waals surface area contributed by atoms with Crippen LogP contribution in [0.1, 0.15) is 41.7 Å². The standard InChI is InChI=1S/C24H20ClF2N3O4.C13H18ClNO/c25-23-18(27)6-5-17(26)22(23)19-8-15(34-30-19)11-33-14-3-1-12(2-4-14)16-7-13-9-28-10-20(29-13)21(16)24(31)32;1-16-7-6-10-2-5-13(14)11(8-10)9-15-12-3-4-12/h1-6,8,13,20,28-29H,7,9-11H2,(H,31,32);2,5,8,12,15H,3-4,6-7,9H2,1H3/t13-,20-;/m1./s1. The molecule has 2 atom stereocenters. The van der Waals surface area contributed by atoms with Crippen molar-refractivity contribution in [3.8, 4) is 17.0 Å². The summed E-state index contributed by atoms with van der Waals surface area (Å²) in [5.74, 6) is -1.56. The Morgan fingerprint density at radius 2 is 1.84 bits per heavy atom. The van der Waals surface area contributed by atoms with E-state index in [1.54, 1.807) is 19.2 Å². The van der Waals surface area contributed by atoms with Crippen molar-refractivity contribution in [2.24, 2.45) is 0 Å². The molecule has 9 nitrogen and oxygen atoms in total. The first-order valence-corrected chi connectivity index (χ1v) is 17.2. The van der Waals surface area contributed by atoms with Crippen molar-refractivity contribution >= 4 is 34.7 Å². The minimum atomic E-state index is -0.925. The Labute approximate surface area is 298 Å². The lowest BCUT2D eigenvalue weighted by molar-refractivity contribution is -0.133. The molecule has 1 aromatic heterocycles. The third-order valence-electron chi connectivity index (χ3n) is 8.84. The van der Waals surface area contributed by atoms with Gasteiger partial charge in [0.2, 0.25) is 0 Å². The van der Waals surface area contributed by atoms with Crippen LogP contribution >= 0.6 is 23.2 Å². The number of piperazine rings is 1. The van der Waals surface area contributed by atoms with E-state index in [1.807, 2.05) is 18.2 Å². The van der Waals surface area contributed by atoms with Gasteiger partial charge in [0, 0.05) is 49.9 Å². The Hall–Kier alpha value is -3.84. The molecule has 2 bridgehead atoms. The van der Waals surface area contributed by atoms with E-state index in [0.29, 0.717) is 30.0 Å². The maximum absolute atomic E-state index is 14.1. The molecule has 50 heavy (non-hydrogen) atoms. The number of nitrogens with one attached hydrogen (secondary N) is 3. The number of ether oxygens (including phenoxy) is 2. The Bertz CT molecular complexity index is 1850. The van der Waals surface area contributed by atoms with Crippen LogP contribution in [-0.4, -0.2) is 61.2 Å². The lowest BCUT2D eigenvalue weighted by Crippen LogP contribution is -2.58. The lowest BCUT2D eigenvalue weighted by Gasteiger charge is -2.38. The summed E-state index contributed by atoms with van der Waals surface area (Å²) in [4.78, 5) is 11.9. The van der Waals surface area contributed by atoms with Crippen LogP contribution in [0.15, 0.2) is 70.8 Å². The number of nitrogens with zero attached hydrogens (tertiary/aromatic N) is 1. The maximum Gasteiger partial charge on any atom is 0.333 e. The van der Waals surface area contributed by atoms with Gasteiger partial charge in [-0.3, -0.25) is 0 Å². The van der Waals surface area contributed by atoms with Crippen molar-refractivity contribution in [1.82, 2.24) is 21.1 Å². The first-order chi connectivity index (χ1) is 24.2. The number of carboxylic acids is 1. The summed E-state index contributed by atoms with van der Waals surface area (Å²) in [7, 11) is 1.73. The van der Waals surface area contributed by atoms with Crippen LogP contribution < -0.4 is 20.7 Å². The number of carboxylic acid groups (broad SMARTS) is 1. The molecule has 1 saturated carbocycles. The Balaban J connectivity index is 0.000000226. The minimum Gasteiger partial charge on any atom is -0.486 e. The van der Waals surface area contributed by atoms with E-state index in [2.05, 4.69) is 33.2 Å². The van der Waals surface area contributed by atoms with Crippen LogP contribution in [0.5, 0.6) is 5.75 Å². The topological polar surface area (TPSA) is 118 Å². The van der Waals surface area contributed by atoms with E-state index in [9.17, 15) is 18.7 Å². The second-order valence-corrected chi connectivity index (χ2v) is 13.3. The van der Waals surface area contributed by atoms with Gasteiger partial charge in [-0.1, -0.05) is 52.6 Å². The summed E-state index contributed by atoms with van der Waals surface area (Å²) in [5.41, 5.74) is 4.42. The average Bonchev–Trinajstić information content (AvgIpc) is 3.83. The molecule has 0 radical (unpaired) electrons. The summed E-state index contributed by atoms with van der Waals surface area (Å²) in [6.45, 7) is 3.01. The summed E-state index contributed by atoms with van der Waals surface area (Å²) >= 11 is 12.0. The zero-order chi connectivity index (χ0) is 35.2. The molecule has 3 aromatic carbocycles. The fourth-order valence-electron chi connectivity index (χ4n) is 6.09. The quantitative estimate of drug-likeness (QED) is 0.117. The summed E-state index contributed by atoms with van der Waals surface area (Å²) < 4.78 is 43.8. The van der Waals surface area contributed by atoms with Gasteiger partial charge < -0.3 is 35.1 Å². The molecular weight excluding hydrogens is 689 g/mol. The number of methoxy groups -OCH3 is 1. The van der Waals surface area contributed by atoms with Gasteiger partial charge >= 0.3 is 5.97 Å². The Kier molecular flexibility index (Phi) is 11.8. The lowest BCUT2D eigenvalue weighted by atomic mass is 9.84. The first kappa shape index (κ1) is 36.0. The largest absolute Gasteiger partial charge is 0.486 e. The summed E-state index contributed by atoms with van der Waals surface area (Å²) in [5, 5.41) is 24.1. The monoisotopic (exact) mass is 726 g/mol. The molecule has 2 fully saturated rings. The molecule has 0 spiro atoms. The Morgan fingerprint density at radius 3 is 2.58 bits per heavy atom.